The van der Waals surface area contributed by atoms with E-state index < -0.39 is 0 Å². The Hall–Kier alpha value is -4.70. The molecule has 0 saturated heterocycles. The summed E-state index contributed by atoms with van der Waals surface area (Å²) in [4.78, 5) is 54.7. The van der Waals surface area contributed by atoms with Gasteiger partial charge in [-0.3, -0.25) is 19.2 Å². The Morgan fingerprint density at radius 2 is 1.80 bits per heavy atom. The number of fused-ring (bicyclic) bond motifs is 2. The summed E-state index contributed by atoms with van der Waals surface area (Å²) in [6, 6.07) is 18.5. The quantitative estimate of drug-likeness (QED) is 0.283. The minimum absolute atomic E-state index is 0.0691. The summed E-state index contributed by atoms with van der Waals surface area (Å²) in [7, 11) is 0. The van der Waals surface area contributed by atoms with Crippen molar-refractivity contribution in [2.24, 2.45) is 11.7 Å². The van der Waals surface area contributed by atoms with Crippen LogP contribution < -0.4 is 21.1 Å². The van der Waals surface area contributed by atoms with Gasteiger partial charge in [0.05, 0.1) is 5.69 Å². The zero-order valence-electron chi connectivity index (χ0n) is 26.2. The maximum atomic E-state index is 13.5. The lowest BCUT2D eigenvalue weighted by Gasteiger charge is -2.29. The molecule has 3 aromatic rings. The fraction of sp³-hybridized carbons (Fsp3) is 0.389. The number of hydrogen-bond acceptors (Lipinski definition) is 6. The van der Waals surface area contributed by atoms with Crippen molar-refractivity contribution in [1.29, 1.82) is 0 Å². The van der Waals surface area contributed by atoms with Crippen LogP contribution in [0, 0.1) is 5.92 Å². The van der Waals surface area contributed by atoms with Crippen LogP contribution in [0.4, 0.5) is 11.4 Å². The molecule has 10 heteroatoms. The molecule has 1 saturated carbocycles. The Morgan fingerprint density at radius 1 is 1.02 bits per heavy atom. The van der Waals surface area contributed by atoms with Crippen LogP contribution in [-0.2, 0) is 29.1 Å². The van der Waals surface area contributed by atoms with Crippen molar-refractivity contribution in [3.05, 3.63) is 88.5 Å². The molecule has 3 aromatic carbocycles. The summed E-state index contributed by atoms with van der Waals surface area (Å²) in [5.74, 6) is 0.611. The molecule has 0 bridgehead atoms. The largest absolute Gasteiger partial charge is 0.482 e. The van der Waals surface area contributed by atoms with Crippen molar-refractivity contribution in [1.82, 2.24) is 9.80 Å². The fourth-order valence-electron chi connectivity index (χ4n) is 6.09. The second kappa shape index (κ2) is 13.7. The summed E-state index contributed by atoms with van der Waals surface area (Å²) >= 11 is 0. The van der Waals surface area contributed by atoms with Gasteiger partial charge in [0, 0.05) is 48.9 Å². The van der Waals surface area contributed by atoms with Gasteiger partial charge >= 0.3 is 0 Å². The first-order valence-electron chi connectivity index (χ1n) is 16.1. The monoisotopic (exact) mass is 623 g/mol. The Morgan fingerprint density at radius 3 is 2.57 bits per heavy atom. The van der Waals surface area contributed by atoms with Crippen LogP contribution in [0.25, 0.3) is 0 Å². The van der Waals surface area contributed by atoms with E-state index in [1.165, 1.54) is 0 Å². The Kier molecular flexibility index (Phi) is 9.35. The van der Waals surface area contributed by atoms with Crippen LogP contribution in [0.5, 0.6) is 5.75 Å². The van der Waals surface area contributed by atoms with E-state index in [0.717, 1.165) is 54.5 Å². The SMILES string of the molecule is CC(CCN)CCC(=O)N1CCc2cc(NC(=O)c3ccc(CN(C(=O)c4ccc5c(c4)OCC(=O)N5)C4CC4)cc3)ccc2C1. The molecule has 46 heavy (non-hydrogen) atoms. The highest BCUT2D eigenvalue weighted by atomic mass is 16.5. The van der Waals surface area contributed by atoms with Gasteiger partial charge in [-0.05, 0) is 104 Å². The highest BCUT2D eigenvalue weighted by Crippen LogP contribution is 2.33. The van der Waals surface area contributed by atoms with E-state index in [1.54, 1.807) is 30.3 Å². The van der Waals surface area contributed by atoms with Crippen molar-refractivity contribution >= 4 is 35.0 Å². The third-order valence-electron chi connectivity index (χ3n) is 9.02. The van der Waals surface area contributed by atoms with Crippen molar-refractivity contribution < 1.29 is 23.9 Å². The van der Waals surface area contributed by atoms with Gasteiger partial charge in [0.1, 0.15) is 5.75 Å². The molecule has 1 aliphatic carbocycles. The number of rotatable bonds is 11. The molecule has 0 radical (unpaired) electrons. The van der Waals surface area contributed by atoms with E-state index in [9.17, 15) is 19.2 Å². The molecule has 4 N–H and O–H groups in total. The summed E-state index contributed by atoms with van der Waals surface area (Å²) in [6.07, 6.45) is 5.00. The van der Waals surface area contributed by atoms with Crippen LogP contribution in [0.1, 0.15) is 76.4 Å². The van der Waals surface area contributed by atoms with Crippen LogP contribution in [-0.4, -0.2) is 59.2 Å². The van der Waals surface area contributed by atoms with E-state index >= 15 is 0 Å². The normalized spacial score (nSPS) is 16.0. The average molecular weight is 624 g/mol. The van der Waals surface area contributed by atoms with Crippen LogP contribution in [0.15, 0.2) is 60.7 Å². The first-order valence-corrected chi connectivity index (χ1v) is 16.1. The molecule has 0 spiro atoms. The minimum Gasteiger partial charge on any atom is -0.482 e. The molecule has 1 fully saturated rings. The zero-order valence-corrected chi connectivity index (χ0v) is 26.2. The fourth-order valence-corrected chi connectivity index (χ4v) is 6.09. The number of benzene rings is 3. The number of carbonyl (C=O) groups is 4. The predicted octanol–water partition coefficient (Wildman–Crippen LogP) is 4.72. The minimum atomic E-state index is -0.216. The number of hydrogen-bond donors (Lipinski definition) is 3. The lowest BCUT2D eigenvalue weighted by molar-refractivity contribution is -0.132. The Balaban J connectivity index is 1.04. The number of nitrogens with zero attached hydrogens (tertiary/aromatic N) is 2. The summed E-state index contributed by atoms with van der Waals surface area (Å²) in [5.41, 5.74) is 11.2. The molecular formula is C36H41N5O5. The lowest BCUT2D eigenvalue weighted by atomic mass is 9.97. The highest BCUT2D eigenvalue weighted by Gasteiger charge is 2.33. The van der Waals surface area contributed by atoms with Crippen molar-refractivity contribution in [3.63, 3.8) is 0 Å². The average Bonchev–Trinajstić information content (AvgIpc) is 3.91. The van der Waals surface area contributed by atoms with Crippen LogP contribution in [0.3, 0.4) is 0 Å². The molecule has 2 aliphatic heterocycles. The van der Waals surface area contributed by atoms with E-state index in [1.807, 2.05) is 40.1 Å². The molecule has 1 unspecified atom stereocenters. The van der Waals surface area contributed by atoms with Gasteiger partial charge in [-0.1, -0.05) is 25.1 Å². The Labute approximate surface area is 269 Å². The van der Waals surface area contributed by atoms with Crippen LogP contribution in [0.2, 0.25) is 0 Å². The topological polar surface area (TPSA) is 134 Å². The van der Waals surface area contributed by atoms with Gasteiger partial charge in [-0.15, -0.1) is 0 Å². The molecule has 0 aromatic heterocycles. The molecule has 240 valence electrons. The van der Waals surface area contributed by atoms with Crippen molar-refractivity contribution in [2.75, 3.05) is 30.3 Å². The van der Waals surface area contributed by atoms with Crippen molar-refractivity contribution in [3.8, 4) is 5.75 Å². The lowest BCUT2D eigenvalue weighted by Crippen LogP contribution is -2.36. The number of amides is 4. The molecular weight excluding hydrogens is 582 g/mol. The van der Waals surface area contributed by atoms with E-state index in [2.05, 4.69) is 17.6 Å². The highest BCUT2D eigenvalue weighted by molar-refractivity contribution is 6.04. The van der Waals surface area contributed by atoms with E-state index in [0.29, 0.717) is 61.1 Å². The molecule has 6 rings (SSSR count). The number of ether oxygens (including phenoxy) is 1. The number of nitrogens with one attached hydrogen (secondary N) is 2. The maximum absolute atomic E-state index is 13.5. The van der Waals surface area contributed by atoms with Gasteiger partial charge in [0.2, 0.25) is 5.91 Å². The van der Waals surface area contributed by atoms with Crippen LogP contribution >= 0.6 is 0 Å². The molecule has 4 amide bonds. The van der Waals surface area contributed by atoms with Gasteiger partial charge < -0.3 is 30.9 Å². The predicted molar refractivity (Wildman–Crippen MR) is 175 cm³/mol. The van der Waals surface area contributed by atoms with Gasteiger partial charge in [0.25, 0.3) is 17.7 Å². The summed E-state index contributed by atoms with van der Waals surface area (Å²) < 4.78 is 5.50. The van der Waals surface area contributed by atoms with Gasteiger partial charge in [-0.2, -0.15) is 0 Å². The second-order valence-electron chi connectivity index (χ2n) is 12.6. The van der Waals surface area contributed by atoms with Crippen molar-refractivity contribution in [2.45, 2.75) is 64.6 Å². The smallest absolute Gasteiger partial charge is 0.262 e. The number of carbonyl (C=O) groups excluding carboxylic acids is 4. The maximum Gasteiger partial charge on any atom is 0.262 e. The first kappa shape index (κ1) is 31.3. The summed E-state index contributed by atoms with van der Waals surface area (Å²) in [5, 5.41) is 5.76. The Bertz CT molecular complexity index is 1630. The van der Waals surface area contributed by atoms with E-state index in [4.69, 9.17) is 10.5 Å². The van der Waals surface area contributed by atoms with Gasteiger partial charge in [-0.25, -0.2) is 0 Å². The zero-order chi connectivity index (χ0) is 32.2. The molecule has 3 aliphatic rings. The molecule has 10 nitrogen and oxygen atoms in total. The van der Waals surface area contributed by atoms with E-state index in [-0.39, 0.29) is 36.3 Å². The first-order chi connectivity index (χ1) is 22.3. The third kappa shape index (κ3) is 7.39. The standard InChI is InChI=1S/C36H41N5O5/c1-23(14-16-37)2-13-34(43)40-17-15-26-18-29(9-7-28(26)21-40)38-35(44)25-5-3-24(4-6-25)20-41(30-10-11-30)36(45)27-8-12-31-32(19-27)46-22-33(42)39-31/h3-9,12,18-19,23,30H,2,10-11,13-17,20-22,37H2,1H3,(H,38,44)(H,39,42). The number of nitrogens with two attached hydrogens (primary N) is 1. The molecule has 2 heterocycles. The summed E-state index contributed by atoms with van der Waals surface area (Å²) in [6.45, 7) is 4.41. The number of anilines is 2. The third-order valence-corrected chi connectivity index (χ3v) is 9.02. The second-order valence-corrected chi connectivity index (χ2v) is 12.6. The molecule has 1 atom stereocenters. The van der Waals surface area contributed by atoms with Gasteiger partial charge in [0.15, 0.2) is 6.61 Å².